The number of hydrogen-bond acceptors (Lipinski definition) is 9. The average Bonchev–Trinajstić information content (AvgIpc) is 3.31. The zero-order chi connectivity index (χ0) is 29.7. The van der Waals surface area contributed by atoms with Crippen molar-refractivity contribution in [1.29, 1.82) is 5.26 Å². The van der Waals surface area contributed by atoms with Crippen LogP contribution in [-0.4, -0.2) is 30.1 Å². The number of nitrogens with one attached hydrogen (secondary N) is 3. The fourth-order valence-electron chi connectivity index (χ4n) is 3.25. The summed E-state index contributed by atoms with van der Waals surface area (Å²) in [4.78, 5) is 15.4. The Labute approximate surface area is 231 Å². The van der Waals surface area contributed by atoms with Crippen LogP contribution in [0.15, 0.2) is 48.8 Å². The van der Waals surface area contributed by atoms with Gasteiger partial charge < -0.3 is 16.4 Å². The van der Waals surface area contributed by atoms with Gasteiger partial charge in [0.05, 0.1) is 34.1 Å². The molecule has 5 aromatic rings. The SMILES string of the molecule is N#Cc1cnc(Nc2cccc(C(F)F)c2F)nc1Cl.Nc1[nH]nc2nc(Nc3cccc(C(F)F)c3F)ncc12. The van der Waals surface area contributed by atoms with Crippen molar-refractivity contribution < 1.29 is 26.3 Å². The van der Waals surface area contributed by atoms with Gasteiger partial charge in [-0.1, -0.05) is 35.9 Å². The lowest BCUT2D eigenvalue weighted by Crippen LogP contribution is -2.02. The van der Waals surface area contributed by atoms with Gasteiger partial charge in [-0.05, 0) is 12.1 Å². The second-order valence-corrected chi connectivity index (χ2v) is 8.21. The minimum atomic E-state index is -2.93. The van der Waals surface area contributed by atoms with Gasteiger partial charge in [0.2, 0.25) is 11.9 Å². The summed E-state index contributed by atoms with van der Waals surface area (Å²) in [6.07, 6.45) is -3.28. The van der Waals surface area contributed by atoms with Gasteiger partial charge in [-0.3, -0.25) is 5.10 Å². The molecule has 3 aromatic heterocycles. The molecule has 2 aromatic carbocycles. The number of aromatic nitrogens is 6. The monoisotopic (exact) mass is 592 g/mol. The summed E-state index contributed by atoms with van der Waals surface area (Å²) in [7, 11) is 0. The van der Waals surface area contributed by atoms with E-state index in [2.05, 4.69) is 40.8 Å². The highest BCUT2D eigenvalue weighted by Crippen LogP contribution is 2.29. The van der Waals surface area contributed by atoms with Crippen LogP contribution in [0.5, 0.6) is 0 Å². The Hall–Kier alpha value is -5.17. The average molecular weight is 593 g/mol. The van der Waals surface area contributed by atoms with Crippen LogP contribution in [0.1, 0.15) is 29.5 Å². The number of nitrogen functional groups attached to an aromatic ring is 1. The molecular formula is C24H15ClF6N10. The second-order valence-electron chi connectivity index (χ2n) is 7.85. The first-order chi connectivity index (χ1) is 19.6. The number of H-pyrrole nitrogens is 1. The Bertz CT molecular complexity index is 1740. The topological polar surface area (TPSA) is 154 Å². The lowest BCUT2D eigenvalue weighted by Gasteiger charge is -2.09. The summed E-state index contributed by atoms with van der Waals surface area (Å²) in [5.74, 6) is -1.90. The number of aromatic amines is 1. The van der Waals surface area contributed by atoms with Crippen LogP contribution < -0.4 is 16.4 Å². The lowest BCUT2D eigenvalue weighted by atomic mass is 10.2. The molecule has 10 nitrogen and oxygen atoms in total. The smallest absolute Gasteiger partial charge is 0.266 e. The molecule has 5 rings (SSSR count). The maximum absolute atomic E-state index is 13.9. The number of anilines is 5. The number of hydrogen-bond donors (Lipinski definition) is 4. The quantitative estimate of drug-likeness (QED) is 0.126. The van der Waals surface area contributed by atoms with E-state index in [0.717, 1.165) is 18.3 Å². The van der Waals surface area contributed by atoms with Gasteiger partial charge in [-0.15, -0.1) is 0 Å². The predicted molar refractivity (Wildman–Crippen MR) is 137 cm³/mol. The van der Waals surface area contributed by atoms with Crippen molar-refractivity contribution in [2.75, 3.05) is 16.4 Å². The van der Waals surface area contributed by atoms with Gasteiger partial charge in [0.15, 0.2) is 22.4 Å². The Kier molecular flexibility index (Phi) is 8.68. The number of rotatable bonds is 6. The molecule has 0 bridgehead atoms. The van der Waals surface area contributed by atoms with Crippen molar-refractivity contribution in [3.63, 3.8) is 0 Å². The van der Waals surface area contributed by atoms with Gasteiger partial charge in [0.25, 0.3) is 12.9 Å². The summed E-state index contributed by atoms with van der Waals surface area (Å²) >= 11 is 5.69. The molecule has 0 atom stereocenters. The standard InChI is InChI=1S/C12H6ClF3N4.C12H9F3N6/c13-10-6(4-17)5-18-12(20-10)19-8-3-1-2-7(9(8)14)11(15)16;13-8-5(9(14)15)2-1-3-7(8)18-12-17-4-6-10(16)20-21-11(6)19-12/h1-3,5,11H,(H,18,19,20);1-4,9H,(H4,16,17,18,19,20,21). The van der Waals surface area contributed by atoms with E-state index in [0.29, 0.717) is 11.2 Å². The number of nitrogens with zero attached hydrogens (tertiary/aromatic N) is 6. The highest BCUT2D eigenvalue weighted by molar-refractivity contribution is 6.30. The van der Waals surface area contributed by atoms with Gasteiger partial charge in [-0.25, -0.2) is 36.3 Å². The first-order valence-corrected chi connectivity index (χ1v) is 11.5. The summed E-state index contributed by atoms with van der Waals surface area (Å²) < 4.78 is 78.0. The van der Waals surface area contributed by atoms with E-state index < -0.39 is 35.6 Å². The van der Waals surface area contributed by atoms with E-state index in [9.17, 15) is 26.3 Å². The molecule has 3 heterocycles. The predicted octanol–water partition coefficient (Wildman–Crippen LogP) is 6.58. The van der Waals surface area contributed by atoms with E-state index >= 15 is 0 Å². The number of fused-ring (bicyclic) bond motifs is 1. The summed E-state index contributed by atoms with van der Waals surface area (Å²) in [5, 5.41) is 20.4. The second kappa shape index (κ2) is 12.3. The summed E-state index contributed by atoms with van der Waals surface area (Å²) in [6, 6.07) is 8.93. The maximum atomic E-state index is 13.9. The third-order valence-electron chi connectivity index (χ3n) is 5.22. The van der Waals surface area contributed by atoms with Crippen molar-refractivity contribution >= 4 is 51.7 Å². The van der Waals surface area contributed by atoms with Crippen LogP contribution in [0.25, 0.3) is 11.0 Å². The van der Waals surface area contributed by atoms with E-state index in [1.807, 2.05) is 0 Å². The van der Waals surface area contributed by atoms with Crippen LogP contribution in [0, 0.1) is 23.0 Å². The van der Waals surface area contributed by atoms with E-state index in [1.54, 1.807) is 6.07 Å². The van der Waals surface area contributed by atoms with Gasteiger partial charge >= 0.3 is 0 Å². The van der Waals surface area contributed by atoms with E-state index in [1.165, 1.54) is 30.5 Å². The van der Waals surface area contributed by atoms with Crippen molar-refractivity contribution in [2.24, 2.45) is 0 Å². The highest BCUT2D eigenvalue weighted by atomic mass is 35.5. The Morgan fingerprint density at radius 1 is 0.854 bits per heavy atom. The molecule has 0 saturated heterocycles. The van der Waals surface area contributed by atoms with Gasteiger partial charge in [-0.2, -0.15) is 20.3 Å². The number of alkyl halides is 4. The molecule has 0 aliphatic carbocycles. The fourth-order valence-corrected chi connectivity index (χ4v) is 3.42. The zero-order valence-corrected chi connectivity index (χ0v) is 20.9. The third kappa shape index (κ3) is 6.53. The minimum absolute atomic E-state index is 0.0271. The Balaban J connectivity index is 0.000000189. The molecule has 5 N–H and O–H groups in total. The summed E-state index contributed by atoms with van der Waals surface area (Å²) in [6.45, 7) is 0. The molecule has 0 fully saturated rings. The van der Waals surface area contributed by atoms with E-state index in [4.69, 9.17) is 22.6 Å². The maximum Gasteiger partial charge on any atom is 0.266 e. The lowest BCUT2D eigenvalue weighted by molar-refractivity contribution is 0.146. The molecule has 0 aliphatic heterocycles. The summed E-state index contributed by atoms with van der Waals surface area (Å²) in [5.41, 5.74) is 4.17. The van der Waals surface area contributed by atoms with Crippen LogP contribution >= 0.6 is 11.6 Å². The Morgan fingerprint density at radius 3 is 1.90 bits per heavy atom. The van der Waals surface area contributed by atoms with Crippen LogP contribution in [0.4, 0.5) is 55.4 Å². The molecule has 0 aliphatic rings. The third-order valence-corrected chi connectivity index (χ3v) is 5.51. The Morgan fingerprint density at radius 2 is 1.39 bits per heavy atom. The number of benzene rings is 2. The van der Waals surface area contributed by atoms with Crippen LogP contribution in [0.3, 0.4) is 0 Å². The zero-order valence-electron chi connectivity index (χ0n) is 20.2. The number of halogens is 7. The van der Waals surface area contributed by atoms with Crippen LogP contribution in [0.2, 0.25) is 5.15 Å². The van der Waals surface area contributed by atoms with Gasteiger partial charge in [0, 0.05) is 6.20 Å². The molecule has 210 valence electrons. The molecule has 0 radical (unpaired) electrons. The molecule has 41 heavy (non-hydrogen) atoms. The number of nitrogens with two attached hydrogens (primary N) is 1. The fraction of sp³-hybridized carbons (Fsp3) is 0.0833. The molecule has 0 saturated carbocycles. The molecule has 0 spiro atoms. The van der Waals surface area contributed by atoms with Crippen molar-refractivity contribution in [2.45, 2.75) is 12.9 Å². The minimum Gasteiger partial charge on any atom is -0.383 e. The van der Waals surface area contributed by atoms with Crippen molar-refractivity contribution in [1.82, 2.24) is 30.1 Å². The largest absolute Gasteiger partial charge is 0.383 e. The first kappa shape index (κ1) is 28.8. The molecular weight excluding hydrogens is 578 g/mol. The molecule has 0 amide bonds. The van der Waals surface area contributed by atoms with E-state index in [-0.39, 0.29) is 39.6 Å². The van der Waals surface area contributed by atoms with Crippen molar-refractivity contribution in [3.8, 4) is 6.07 Å². The van der Waals surface area contributed by atoms with Crippen LogP contribution in [-0.2, 0) is 0 Å². The number of nitriles is 1. The molecule has 0 unspecified atom stereocenters. The van der Waals surface area contributed by atoms with Crippen molar-refractivity contribution in [3.05, 3.63) is 82.3 Å². The molecule has 17 heteroatoms. The highest BCUT2D eigenvalue weighted by Gasteiger charge is 2.18. The normalized spacial score (nSPS) is 10.8. The first-order valence-electron chi connectivity index (χ1n) is 11.2. The van der Waals surface area contributed by atoms with Gasteiger partial charge in [0.1, 0.15) is 17.5 Å².